The summed E-state index contributed by atoms with van der Waals surface area (Å²) in [5, 5.41) is 0. The summed E-state index contributed by atoms with van der Waals surface area (Å²) in [7, 11) is 1.60. The Morgan fingerprint density at radius 2 is 1.75 bits per heavy atom. The molecule has 0 unspecified atom stereocenters. The van der Waals surface area contributed by atoms with E-state index in [1.807, 2.05) is 19.1 Å². The van der Waals surface area contributed by atoms with E-state index >= 15 is 0 Å². The molecule has 3 aromatic rings. The third-order valence-electron chi connectivity index (χ3n) is 6.47. The van der Waals surface area contributed by atoms with Crippen LogP contribution < -0.4 is 14.4 Å². The van der Waals surface area contributed by atoms with Crippen LogP contribution in [0.2, 0.25) is 0 Å². The molecule has 3 heterocycles. The first-order valence-electron chi connectivity index (χ1n) is 11.0. The average Bonchev–Trinajstić information content (AvgIpc) is 2.79. The van der Waals surface area contributed by atoms with Crippen molar-refractivity contribution in [2.24, 2.45) is 0 Å². The largest absolute Gasteiger partial charge is 0.497 e. The van der Waals surface area contributed by atoms with E-state index in [4.69, 9.17) is 14.5 Å². The molecule has 164 valence electrons. The molecular formula is C26H27N3O3. The molecule has 1 aromatic heterocycles. The minimum absolute atomic E-state index is 0.123. The van der Waals surface area contributed by atoms with Gasteiger partial charge in [0.15, 0.2) is 5.78 Å². The Balaban J connectivity index is 1.35. The molecule has 1 saturated heterocycles. The van der Waals surface area contributed by atoms with E-state index in [1.54, 1.807) is 13.2 Å². The molecule has 0 saturated carbocycles. The fourth-order valence-electron chi connectivity index (χ4n) is 4.61. The molecule has 2 aromatic carbocycles. The Labute approximate surface area is 188 Å². The van der Waals surface area contributed by atoms with Gasteiger partial charge in [0, 0.05) is 37.6 Å². The van der Waals surface area contributed by atoms with Crippen LogP contribution in [0.15, 0.2) is 48.5 Å². The number of nitrogens with zero attached hydrogens (tertiary/aromatic N) is 3. The quantitative estimate of drug-likeness (QED) is 0.597. The Morgan fingerprint density at radius 1 is 1.00 bits per heavy atom. The van der Waals surface area contributed by atoms with Gasteiger partial charge in [-0.2, -0.15) is 0 Å². The van der Waals surface area contributed by atoms with Crippen LogP contribution in [0, 0.1) is 13.8 Å². The van der Waals surface area contributed by atoms with E-state index in [9.17, 15) is 4.79 Å². The van der Waals surface area contributed by atoms with Crippen LogP contribution in [0.1, 0.15) is 41.0 Å². The van der Waals surface area contributed by atoms with Crippen molar-refractivity contribution in [1.82, 2.24) is 9.97 Å². The van der Waals surface area contributed by atoms with E-state index in [0.29, 0.717) is 23.5 Å². The summed E-state index contributed by atoms with van der Waals surface area (Å²) >= 11 is 0. The summed E-state index contributed by atoms with van der Waals surface area (Å²) in [4.78, 5) is 24.5. The molecule has 0 atom stereocenters. The minimum Gasteiger partial charge on any atom is -0.497 e. The summed E-state index contributed by atoms with van der Waals surface area (Å²) in [6.07, 6.45) is 1.94. The van der Waals surface area contributed by atoms with Gasteiger partial charge in [0.25, 0.3) is 0 Å². The van der Waals surface area contributed by atoms with Crippen molar-refractivity contribution in [2.45, 2.75) is 38.7 Å². The highest BCUT2D eigenvalue weighted by atomic mass is 16.5. The number of rotatable bonds is 3. The van der Waals surface area contributed by atoms with Gasteiger partial charge in [-0.25, -0.2) is 9.97 Å². The zero-order chi connectivity index (χ0) is 22.3. The maximum Gasteiger partial charge on any atom is 0.170 e. The van der Waals surface area contributed by atoms with E-state index in [0.717, 1.165) is 48.8 Å². The van der Waals surface area contributed by atoms with Crippen molar-refractivity contribution >= 4 is 11.6 Å². The second-order valence-electron chi connectivity index (χ2n) is 8.76. The van der Waals surface area contributed by atoms with E-state index < -0.39 is 5.60 Å². The maximum absolute atomic E-state index is 12.9. The molecule has 0 bridgehead atoms. The average molecular weight is 430 g/mol. The molecule has 5 rings (SSSR count). The molecule has 2 aliphatic rings. The number of Topliss-reactive ketones (excluding diaryl/α,β-unsaturated/α-hetero) is 1. The molecule has 0 N–H and O–H groups in total. The Hall–Kier alpha value is -3.41. The van der Waals surface area contributed by atoms with Crippen LogP contribution in [0.3, 0.4) is 0 Å². The van der Waals surface area contributed by atoms with Gasteiger partial charge in [-0.05, 0) is 32.0 Å². The molecule has 0 radical (unpaired) electrons. The zero-order valence-electron chi connectivity index (χ0n) is 18.7. The number of benzene rings is 2. The van der Waals surface area contributed by atoms with Crippen molar-refractivity contribution in [3.63, 3.8) is 0 Å². The van der Waals surface area contributed by atoms with Gasteiger partial charge in [-0.1, -0.05) is 29.8 Å². The third-order valence-corrected chi connectivity index (χ3v) is 6.47. The van der Waals surface area contributed by atoms with Gasteiger partial charge in [-0.15, -0.1) is 0 Å². The molecule has 6 heteroatoms. The number of carbonyl (C=O) groups excluding carboxylic acids is 1. The van der Waals surface area contributed by atoms with Crippen molar-refractivity contribution in [3.05, 3.63) is 65.5 Å². The number of anilines is 1. The maximum atomic E-state index is 12.9. The molecule has 1 fully saturated rings. The lowest BCUT2D eigenvalue weighted by atomic mass is 9.82. The van der Waals surface area contributed by atoms with Crippen LogP contribution in [0.25, 0.3) is 11.3 Å². The smallest absolute Gasteiger partial charge is 0.170 e. The number of aryl methyl sites for hydroxylation is 2. The van der Waals surface area contributed by atoms with Gasteiger partial charge in [0.05, 0.1) is 24.8 Å². The fourth-order valence-corrected chi connectivity index (χ4v) is 4.61. The highest BCUT2D eigenvalue weighted by molar-refractivity contribution is 6.00. The number of piperidine rings is 1. The van der Waals surface area contributed by atoms with Gasteiger partial charge in [-0.3, -0.25) is 4.79 Å². The number of carbonyl (C=O) groups is 1. The number of methoxy groups -OCH3 is 1. The van der Waals surface area contributed by atoms with Crippen molar-refractivity contribution in [1.29, 1.82) is 0 Å². The first kappa shape index (κ1) is 20.5. The highest BCUT2D eigenvalue weighted by Gasteiger charge is 2.43. The topological polar surface area (TPSA) is 64.5 Å². The van der Waals surface area contributed by atoms with Crippen LogP contribution in [-0.2, 0) is 0 Å². The monoisotopic (exact) mass is 429 g/mol. The predicted molar refractivity (Wildman–Crippen MR) is 124 cm³/mol. The molecule has 6 nitrogen and oxygen atoms in total. The lowest BCUT2D eigenvalue weighted by molar-refractivity contribution is 0.0230. The van der Waals surface area contributed by atoms with Crippen molar-refractivity contribution in [2.75, 3.05) is 25.1 Å². The number of hydrogen-bond acceptors (Lipinski definition) is 6. The second kappa shape index (κ2) is 7.93. The first-order valence-corrected chi connectivity index (χ1v) is 11.0. The summed E-state index contributed by atoms with van der Waals surface area (Å²) < 4.78 is 11.7. The van der Waals surface area contributed by atoms with Crippen LogP contribution in [0.5, 0.6) is 11.5 Å². The number of aromatic nitrogens is 2. The number of hydrogen-bond donors (Lipinski definition) is 0. The van der Waals surface area contributed by atoms with Crippen molar-refractivity contribution in [3.8, 4) is 22.8 Å². The Morgan fingerprint density at radius 3 is 2.47 bits per heavy atom. The zero-order valence-corrected chi connectivity index (χ0v) is 18.7. The summed E-state index contributed by atoms with van der Waals surface area (Å²) in [5.74, 6) is 3.14. The third kappa shape index (κ3) is 3.81. The second-order valence-corrected chi connectivity index (χ2v) is 8.76. The van der Waals surface area contributed by atoms with Crippen LogP contribution in [0.4, 0.5) is 5.82 Å². The normalized spacial score (nSPS) is 17.1. The fraction of sp³-hybridized carbons (Fsp3) is 0.346. The molecule has 0 amide bonds. The van der Waals surface area contributed by atoms with E-state index in [1.165, 1.54) is 5.56 Å². The number of ether oxygens (including phenoxy) is 2. The lowest BCUT2D eigenvalue weighted by Gasteiger charge is -2.44. The molecule has 2 aliphatic heterocycles. The summed E-state index contributed by atoms with van der Waals surface area (Å²) in [6.45, 7) is 5.57. The summed E-state index contributed by atoms with van der Waals surface area (Å²) in [5.41, 5.74) is 3.41. The van der Waals surface area contributed by atoms with Crippen LogP contribution >= 0.6 is 0 Å². The number of fused-ring (bicyclic) bond motifs is 1. The Kier molecular flexibility index (Phi) is 5.08. The minimum atomic E-state index is -0.447. The van der Waals surface area contributed by atoms with Gasteiger partial charge in [0.1, 0.15) is 28.7 Å². The first-order chi connectivity index (χ1) is 15.4. The highest BCUT2D eigenvalue weighted by Crippen LogP contribution is 2.41. The lowest BCUT2D eigenvalue weighted by Crippen LogP contribution is -2.51. The SMILES string of the molecule is COc1ccc2c(c1)C(=O)CC1(CCN(c3cc(-c4ccc(C)cc4)nc(C)n3)CC1)O2. The van der Waals surface area contributed by atoms with Crippen molar-refractivity contribution < 1.29 is 14.3 Å². The molecular weight excluding hydrogens is 402 g/mol. The van der Waals surface area contributed by atoms with E-state index in [-0.39, 0.29) is 5.78 Å². The standard InChI is InChI=1S/C26H27N3O3/c1-17-4-6-19(7-5-17)22-15-25(28-18(2)27-22)29-12-10-26(11-13-29)16-23(30)21-14-20(31-3)8-9-24(21)32-26/h4-9,14-15H,10-13,16H2,1-3H3. The predicted octanol–water partition coefficient (Wildman–Crippen LogP) is 4.77. The van der Waals surface area contributed by atoms with Gasteiger partial charge in [0.2, 0.25) is 0 Å². The van der Waals surface area contributed by atoms with Crippen LogP contribution in [-0.4, -0.2) is 41.6 Å². The van der Waals surface area contributed by atoms with Gasteiger partial charge >= 0.3 is 0 Å². The Bertz CT molecular complexity index is 1170. The van der Waals surface area contributed by atoms with Gasteiger partial charge < -0.3 is 14.4 Å². The molecule has 1 spiro atoms. The summed E-state index contributed by atoms with van der Waals surface area (Å²) in [6, 6.07) is 15.9. The molecule has 32 heavy (non-hydrogen) atoms. The van der Waals surface area contributed by atoms with E-state index in [2.05, 4.69) is 47.1 Å². The molecule has 0 aliphatic carbocycles. The number of ketones is 1.